The molecule has 1 aromatic carbocycles. The second kappa shape index (κ2) is 6.45. The first-order valence-corrected chi connectivity index (χ1v) is 6.10. The number of carbonyl (C=O) groups excluding carboxylic acids is 2. The number of nitrogens with one attached hydrogen (secondary N) is 1. The van der Waals surface area contributed by atoms with E-state index in [-0.39, 0.29) is 12.6 Å². The van der Waals surface area contributed by atoms with Crippen LogP contribution in [0.15, 0.2) is 35.7 Å². The fourth-order valence-electron chi connectivity index (χ4n) is 1.77. The number of isocyanates is 1. The van der Waals surface area contributed by atoms with Crippen LogP contribution in [0, 0.1) is 0 Å². The van der Waals surface area contributed by atoms with Gasteiger partial charge in [0.15, 0.2) is 0 Å². The Hall–Kier alpha value is -2.72. The van der Waals surface area contributed by atoms with Gasteiger partial charge < -0.3 is 9.72 Å². The average Bonchev–Trinajstić information content (AvgIpc) is 3.00. The Labute approximate surface area is 115 Å². The van der Waals surface area contributed by atoms with Crippen molar-refractivity contribution in [3.05, 3.63) is 36.3 Å². The molecule has 0 saturated heterocycles. The average molecular weight is 271 g/mol. The number of aromatic amines is 1. The number of hydrogen-bond acceptors (Lipinski definition) is 5. The summed E-state index contributed by atoms with van der Waals surface area (Å²) in [6, 6.07) is 5.35. The fourth-order valence-corrected chi connectivity index (χ4v) is 1.77. The molecule has 0 bridgehead atoms. The highest BCUT2D eigenvalue weighted by molar-refractivity contribution is 5.77. The van der Waals surface area contributed by atoms with Gasteiger partial charge in [0.25, 0.3) is 0 Å². The number of H-pyrrole nitrogens is 1. The van der Waals surface area contributed by atoms with Gasteiger partial charge in [0, 0.05) is 17.5 Å². The third-order valence-corrected chi connectivity index (χ3v) is 2.74. The van der Waals surface area contributed by atoms with Gasteiger partial charge in [-0.2, -0.15) is 4.99 Å². The summed E-state index contributed by atoms with van der Waals surface area (Å²) in [5.41, 5.74) is 2.50. The highest BCUT2D eigenvalue weighted by Gasteiger charge is 2.12. The van der Waals surface area contributed by atoms with Gasteiger partial charge >= 0.3 is 5.97 Å². The molecule has 6 nitrogen and oxygen atoms in total. The maximum absolute atomic E-state index is 11.2. The molecule has 0 spiro atoms. The molecule has 0 saturated carbocycles. The summed E-state index contributed by atoms with van der Waals surface area (Å²) in [4.78, 5) is 32.4. The minimum atomic E-state index is -0.307. The van der Waals surface area contributed by atoms with E-state index in [2.05, 4.69) is 15.0 Å². The van der Waals surface area contributed by atoms with Gasteiger partial charge in [-0.3, -0.25) is 4.79 Å². The number of benzene rings is 1. The van der Waals surface area contributed by atoms with E-state index in [4.69, 9.17) is 4.74 Å². The first-order valence-electron chi connectivity index (χ1n) is 6.10. The zero-order valence-corrected chi connectivity index (χ0v) is 10.9. The molecular weight excluding hydrogens is 258 g/mol. The number of carbonyl (C=O) groups is 1. The summed E-state index contributed by atoms with van der Waals surface area (Å²) < 4.78 is 5.08. The molecule has 1 N–H and O–H groups in total. The SMILES string of the molecule is CCC(=O)OCc1cccc(-c2cnc[nH]2)c1N=C=O. The Morgan fingerprint density at radius 3 is 3.00 bits per heavy atom. The van der Waals surface area contributed by atoms with Crippen molar-refractivity contribution >= 4 is 17.7 Å². The van der Waals surface area contributed by atoms with E-state index in [1.54, 1.807) is 31.3 Å². The Kier molecular flexibility index (Phi) is 4.42. The molecule has 0 aliphatic rings. The topological polar surface area (TPSA) is 84.4 Å². The van der Waals surface area contributed by atoms with Crippen LogP contribution >= 0.6 is 0 Å². The minimum absolute atomic E-state index is 0.0646. The number of rotatable bonds is 5. The molecule has 2 rings (SSSR count). The summed E-state index contributed by atoms with van der Waals surface area (Å²) >= 11 is 0. The zero-order valence-electron chi connectivity index (χ0n) is 10.9. The van der Waals surface area contributed by atoms with Gasteiger partial charge in [0.05, 0.1) is 23.9 Å². The van der Waals surface area contributed by atoms with Gasteiger partial charge in [-0.05, 0) is 0 Å². The van der Waals surface area contributed by atoms with E-state index in [0.717, 1.165) is 5.69 Å². The van der Waals surface area contributed by atoms with Gasteiger partial charge in [0.1, 0.15) is 6.61 Å². The molecule has 0 amide bonds. The number of imidazole rings is 1. The van der Waals surface area contributed by atoms with E-state index in [0.29, 0.717) is 23.2 Å². The summed E-state index contributed by atoms with van der Waals surface area (Å²) in [6.45, 7) is 1.78. The second-order valence-electron chi connectivity index (χ2n) is 4.00. The Morgan fingerprint density at radius 2 is 2.35 bits per heavy atom. The highest BCUT2D eigenvalue weighted by atomic mass is 16.5. The summed E-state index contributed by atoms with van der Waals surface area (Å²) in [5, 5.41) is 0. The van der Waals surface area contributed by atoms with E-state index >= 15 is 0 Å². The number of ether oxygens (including phenoxy) is 1. The molecule has 0 atom stereocenters. The van der Waals surface area contributed by atoms with Crippen LogP contribution in [0.1, 0.15) is 18.9 Å². The number of hydrogen-bond donors (Lipinski definition) is 1. The predicted molar refractivity (Wildman–Crippen MR) is 71.9 cm³/mol. The van der Waals surface area contributed by atoms with Crippen LogP contribution in [0.2, 0.25) is 0 Å². The summed E-state index contributed by atoms with van der Waals surface area (Å²) in [6.07, 6.45) is 4.99. The summed E-state index contributed by atoms with van der Waals surface area (Å²) in [5.74, 6) is -0.307. The van der Waals surface area contributed by atoms with Crippen LogP contribution in [0.25, 0.3) is 11.3 Å². The van der Waals surface area contributed by atoms with Crippen LogP contribution in [-0.4, -0.2) is 22.0 Å². The molecule has 102 valence electrons. The van der Waals surface area contributed by atoms with Crippen molar-refractivity contribution in [2.24, 2.45) is 4.99 Å². The lowest BCUT2D eigenvalue weighted by atomic mass is 10.1. The second-order valence-corrected chi connectivity index (χ2v) is 4.00. The molecule has 0 unspecified atom stereocenters. The first kappa shape index (κ1) is 13.7. The molecule has 1 heterocycles. The van der Waals surface area contributed by atoms with Gasteiger partial charge in [0.2, 0.25) is 6.08 Å². The molecule has 0 aliphatic carbocycles. The van der Waals surface area contributed by atoms with E-state index in [1.165, 1.54) is 12.4 Å². The first-order chi connectivity index (χ1) is 9.76. The van der Waals surface area contributed by atoms with Crippen LogP contribution in [-0.2, 0) is 20.9 Å². The third-order valence-electron chi connectivity index (χ3n) is 2.74. The normalized spacial score (nSPS) is 9.85. The molecule has 0 aliphatic heterocycles. The zero-order chi connectivity index (χ0) is 14.4. The van der Waals surface area contributed by atoms with Gasteiger partial charge in [-0.1, -0.05) is 25.1 Å². The van der Waals surface area contributed by atoms with Crippen LogP contribution < -0.4 is 0 Å². The lowest BCUT2D eigenvalue weighted by Gasteiger charge is -2.09. The van der Waals surface area contributed by atoms with E-state index in [1.807, 2.05) is 0 Å². The molecule has 2 aromatic rings. The lowest BCUT2D eigenvalue weighted by molar-refractivity contribution is -0.144. The summed E-state index contributed by atoms with van der Waals surface area (Å²) in [7, 11) is 0. The molecule has 0 radical (unpaired) electrons. The maximum atomic E-state index is 11.2. The molecule has 20 heavy (non-hydrogen) atoms. The van der Waals surface area contributed by atoms with Gasteiger partial charge in [-0.15, -0.1) is 0 Å². The van der Waals surface area contributed by atoms with Gasteiger partial charge in [-0.25, -0.2) is 9.78 Å². The number of nitrogens with zero attached hydrogens (tertiary/aromatic N) is 2. The quantitative estimate of drug-likeness (QED) is 0.514. The Morgan fingerprint density at radius 1 is 1.50 bits per heavy atom. The van der Waals surface area contributed by atoms with Crippen molar-refractivity contribution < 1.29 is 14.3 Å². The molecule has 1 aromatic heterocycles. The Balaban J connectivity index is 2.39. The van der Waals surface area contributed by atoms with E-state index in [9.17, 15) is 9.59 Å². The molecule has 0 fully saturated rings. The Bertz CT molecular complexity index is 644. The number of para-hydroxylation sites is 1. The highest BCUT2D eigenvalue weighted by Crippen LogP contribution is 2.32. The van der Waals surface area contributed by atoms with E-state index < -0.39 is 0 Å². The standard InChI is InChI=1S/C14H13N3O3/c1-2-13(19)20-7-10-4-3-5-11(14(10)17-9-18)12-6-15-8-16-12/h3-6,8H,2,7H2,1H3,(H,15,16). The van der Waals surface area contributed by atoms with Crippen molar-refractivity contribution in [3.8, 4) is 11.3 Å². The van der Waals surface area contributed by atoms with Crippen LogP contribution in [0.5, 0.6) is 0 Å². The van der Waals surface area contributed by atoms with Crippen molar-refractivity contribution in [2.75, 3.05) is 0 Å². The lowest BCUT2D eigenvalue weighted by Crippen LogP contribution is -2.02. The van der Waals surface area contributed by atoms with Crippen molar-refractivity contribution in [1.29, 1.82) is 0 Å². The number of aromatic nitrogens is 2. The number of aliphatic imine (C=N–C) groups is 1. The monoisotopic (exact) mass is 271 g/mol. The largest absolute Gasteiger partial charge is 0.461 e. The molecule has 6 heteroatoms. The van der Waals surface area contributed by atoms with Crippen molar-refractivity contribution in [3.63, 3.8) is 0 Å². The van der Waals surface area contributed by atoms with Crippen LogP contribution in [0.3, 0.4) is 0 Å². The minimum Gasteiger partial charge on any atom is -0.461 e. The smallest absolute Gasteiger partial charge is 0.305 e. The van der Waals surface area contributed by atoms with Crippen LogP contribution in [0.4, 0.5) is 5.69 Å². The third kappa shape index (κ3) is 2.99. The predicted octanol–water partition coefficient (Wildman–Crippen LogP) is 2.50. The number of esters is 1. The van der Waals surface area contributed by atoms with Crippen molar-refractivity contribution in [2.45, 2.75) is 20.0 Å². The maximum Gasteiger partial charge on any atom is 0.305 e. The molecular formula is C14H13N3O3. The van der Waals surface area contributed by atoms with Crippen molar-refractivity contribution in [1.82, 2.24) is 9.97 Å². The fraction of sp³-hybridized carbons (Fsp3) is 0.214.